The average Bonchev–Trinajstić information content (AvgIpc) is 3.35. The van der Waals surface area contributed by atoms with Crippen molar-refractivity contribution in [1.29, 1.82) is 0 Å². The summed E-state index contributed by atoms with van der Waals surface area (Å²) < 4.78 is 5.63. The van der Waals surface area contributed by atoms with Crippen molar-refractivity contribution in [3.8, 4) is 5.75 Å². The van der Waals surface area contributed by atoms with Crippen molar-refractivity contribution in [1.82, 2.24) is 4.90 Å². The summed E-state index contributed by atoms with van der Waals surface area (Å²) in [6, 6.07) is 13.4. The number of carbonyl (C=O) groups excluding carboxylic acids is 2. The first kappa shape index (κ1) is 20.5. The molecule has 1 heterocycles. The number of likely N-dealkylation sites (tertiary alicyclic amines) is 1. The Labute approximate surface area is 180 Å². The summed E-state index contributed by atoms with van der Waals surface area (Å²) in [5.74, 6) is -0.763. The molecule has 2 fully saturated rings. The lowest BCUT2D eigenvalue weighted by Crippen LogP contribution is -2.37. The van der Waals surface area contributed by atoms with Crippen LogP contribution in [0.1, 0.15) is 49.8 Å². The summed E-state index contributed by atoms with van der Waals surface area (Å²) in [7, 11) is 0. The monoisotopic (exact) mass is 425 g/mol. The van der Waals surface area contributed by atoms with Gasteiger partial charge in [0.2, 0.25) is 0 Å². The van der Waals surface area contributed by atoms with Crippen molar-refractivity contribution >= 4 is 29.1 Å². The SMILES string of the molecule is CCOc1cccc(C2/C(=C(/O)c3cccc(Cl)c3)C(=O)C(=O)N2C2CCCC2)c1. The maximum Gasteiger partial charge on any atom is 0.295 e. The Morgan fingerprint density at radius 3 is 2.57 bits per heavy atom. The third-order valence-electron chi connectivity index (χ3n) is 5.78. The Morgan fingerprint density at radius 1 is 1.13 bits per heavy atom. The summed E-state index contributed by atoms with van der Waals surface area (Å²) in [5, 5.41) is 11.5. The molecule has 2 aliphatic rings. The zero-order valence-electron chi connectivity index (χ0n) is 16.8. The number of amides is 1. The molecule has 1 saturated heterocycles. The molecule has 1 atom stereocenters. The highest BCUT2D eigenvalue weighted by molar-refractivity contribution is 6.46. The molecule has 2 aromatic rings. The second-order valence-corrected chi connectivity index (χ2v) is 8.10. The summed E-state index contributed by atoms with van der Waals surface area (Å²) in [6.45, 7) is 2.41. The number of hydrogen-bond acceptors (Lipinski definition) is 4. The predicted octanol–water partition coefficient (Wildman–Crippen LogP) is 5.10. The first-order valence-electron chi connectivity index (χ1n) is 10.3. The van der Waals surface area contributed by atoms with E-state index in [0.717, 1.165) is 31.2 Å². The quantitative estimate of drug-likeness (QED) is 0.411. The van der Waals surface area contributed by atoms with E-state index in [0.29, 0.717) is 22.9 Å². The number of Topliss-reactive ketones (excluding diaryl/α,β-unsaturated/α-hetero) is 1. The topological polar surface area (TPSA) is 66.8 Å². The van der Waals surface area contributed by atoms with Crippen LogP contribution >= 0.6 is 11.6 Å². The molecular weight excluding hydrogens is 402 g/mol. The molecule has 0 aromatic heterocycles. The molecular formula is C24H24ClNO4. The van der Waals surface area contributed by atoms with Crippen molar-refractivity contribution in [3.63, 3.8) is 0 Å². The van der Waals surface area contributed by atoms with Gasteiger partial charge in [-0.25, -0.2) is 0 Å². The molecule has 6 heteroatoms. The van der Waals surface area contributed by atoms with E-state index in [1.54, 1.807) is 29.2 Å². The lowest BCUT2D eigenvalue weighted by molar-refractivity contribution is -0.141. The van der Waals surface area contributed by atoms with Gasteiger partial charge in [-0.05, 0) is 49.6 Å². The maximum atomic E-state index is 13.1. The number of halogens is 1. The Kier molecular flexibility index (Phi) is 5.82. The van der Waals surface area contributed by atoms with Crippen molar-refractivity contribution in [2.45, 2.75) is 44.7 Å². The Morgan fingerprint density at radius 2 is 1.87 bits per heavy atom. The van der Waals surface area contributed by atoms with Crippen molar-refractivity contribution in [2.24, 2.45) is 0 Å². The fourth-order valence-corrected chi connectivity index (χ4v) is 4.66. The van der Waals surface area contributed by atoms with Gasteiger partial charge in [0, 0.05) is 16.6 Å². The fourth-order valence-electron chi connectivity index (χ4n) is 4.47. The van der Waals surface area contributed by atoms with E-state index in [2.05, 4.69) is 0 Å². The number of hydrogen-bond donors (Lipinski definition) is 1. The van der Waals surface area contributed by atoms with E-state index < -0.39 is 17.7 Å². The Bertz CT molecular complexity index is 1010. The number of nitrogens with zero attached hydrogens (tertiary/aromatic N) is 1. The van der Waals surface area contributed by atoms with E-state index >= 15 is 0 Å². The zero-order valence-corrected chi connectivity index (χ0v) is 17.6. The highest BCUT2D eigenvalue weighted by Crippen LogP contribution is 2.44. The van der Waals surface area contributed by atoms with Crippen molar-refractivity contribution < 1.29 is 19.4 Å². The predicted molar refractivity (Wildman–Crippen MR) is 115 cm³/mol. The number of benzene rings is 2. The van der Waals surface area contributed by atoms with Gasteiger partial charge in [0.05, 0.1) is 18.2 Å². The van der Waals surface area contributed by atoms with Crippen LogP contribution in [0.15, 0.2) is 54.1 Å². The van der Waals surface area contributed by atoms with Gasteiger partial charge < -0.3 is 14.7 Å². The van der Waals surface area contributed by atoms with Gasteiger partial charge in [-0.3, -0.25) is 9.59 Å². The molecule has 1 saturated carbocycles. The normalized spacial score (nSPS) is 21.4. The molecule has 1 amide bonds. The first-order chi connectivity index (χ1) is 14.5. The van der Waals surface area contributed by atoms with E-state index in [1.165, 1.54) is 0 Å². The molecule has 0 radical (unpaired) electrons. The van der Waals surface area contributed by atoms with Crippen LogP contribution in [0, 0.1) is 0 Å². The third kappa shape index (κ3) is 3.70. The van der Waals surface area contributed by atoms with Crippen LogP contribution in [-0.2, 0) is 9.59 Å². The third-order valence-corrected chi connectivity index (χ3v) is 6.02. The summed E-state index contributed by atoms with van der Waals surface area (Å²) >= 11 is 6.09. The molecule has 30 heavy (non-hydrogen) atoms. The Hall–Kier alpha value is -2.79. The minimum Gasteiger partial charge on any atom is -0.507 e. The number of aliphatic hydroxyl groups excluding tert-OH is 1. The van der Waals surface area contributed by atoms with Gasteiger partial charge in [-0.2, -0.15) is 0 Å². The van der Waals surface area contributed by atoms with E-state index in [1.807, 2.05) is 31.2 Å². The second kappa shape index (κ2) is 8.52. The van der Waals surface area contributed by atoms with E-state index in [4.69, 9.17) is 16.3 Å². The van der Waals surface area contributed by atoms with Crippen LogP contribution in [0.2, 0.25) is 5.02 Å². The fraction of sp³-hybridized carbons (Fsp3) is 0.333. The van der Waals surface area contributed by atoms with Gasteiger partial charge in [0.1, 0.15) is 11.5 Å². The standard InChI is InChI=1S/C24H24ClNO4/c1-2-30-19-12-6-7-15(14-19)21-20(22(27)16-8-5-9-17(25)13-16)23(28)24(29)26(21)18-10-3-4-11-18/h5-9,12-14,18,21,27H,2-4,10-11H2,1H3/b22-20-. The van der Waals surface area contributed by atoms with Crippen molar-refractivity contribution in [2.75, 3.05) is 6.61 Å². The molecule has 0 bridgehead atoms. The second-order valence-electron chi connectivity index (χ2n) is 7.66. The maximum absolute atomic E-state index is 13.1. The molecule has 0 spiro atoms. The Balaban J connectivity index is 1.88. The summed E-state index contributed by atoms with van der Waals surface area (Å²) in [6.07, 6.45) is 3.75. The van der Waals surface area contributed by atoms with Gasteiger partial charge in [0.15, 0.2) is 0 Å². The van der Waals surface area contributed by atoms with Crippen molar-refractivity contribution in [3.05, 3.63) is 70.3 Å². The molecule has 2 aromatic carbocycles. The molecule has 4 rings (SSSR count). The molecule has 156 valence electrons. The molecule has 1 aliphatic heterocycles. The van der Waals surface area contributed by atoms with Crippen LogP contribution in [0.3, 0.4) is 0 Å². The van der Waals surface area contributed by atoms with E-state index in [9.17, 15) is 14.7 Å². The first-order valence-corrected chi connectivity index (χ1v) is 10.7. The minimum atomic E-state index is -0.661. The highest BCUT2D eigenvalue weighted by atomic mass is 35.5. The van der Waals surface area contributed by atoms with Gasteiger partial charge in [0.25, 0.3) is 11.7 Å². The van der Waals surface area contributed by atoms with Gasteiger partial charge in [-0.15, -0.1) is 0 Å². The lowest BCUT2D eigenvalue weighted by atomic mass is 9.94. The van der Waals surface area contributed by atoms with Gasteiger partial charge >= 0.3 is 0 Å². The van der Waals surface area contributed by atoms with Crippen LogP contribution in [0.4, 0.5) is 0 Å². The largest absolute Gasteiger partial charge is 0.507 e. The van der Waals surface area contributed by atoms with Gasteiger partial charge in [-0.1, -0.05) is 48.7 Å². The van der Waals surface area contributed by atoms with E-state index in [-0.39, 0.29) is 17.4 Å². The molecule has 5 nitrogen and oxygen atoms in total. The summed E-state index contributed by atoms with van der Waals surface area (Å²) in [4.78, 5) is 27.8. The number of ether oxygens (including phenoxy) is 1. The van der Waals surface area contributed by atoms with Crippen LogP contribution in [-0.4, -0.2) is 34.3 Å². The zero-order chi connectivity index (χ0) is 21.3. The number of rotatable bonds is 5. The number of ketones is 1. The summed E-state index contributed by atoms with van der Waals surface area (Å²) in [5.41, 5.74) is 1.26. The van der Waals surface area contributed by atoms with Crippen LogP contribution < -0.4 is 4.74 Å². The molecule has 1 N–H and O–H groups in total. The smallest absolute Gasteiger partial charge is 0.295 e. The van der Waals surface area contributed by atoms with Crippen LogP contribution in [0.25, 0.3) is 5.76 Å². The highest BCUT2D eigenvalue weighted by Gasteiger charge is 2.49. The minimum absolute atomic E-state index is 0.0214. The molecule has 1 aliphatic carbocycles. The number of carbonyl (C=O) groups is 2. The number of aliphatic hydroxyl groups is 1. The lowest BCUT2D eigenvalue weighted by Gasteiger charge is -2.31. The van der Waals surface area contributed by atoms with Crippen LogP contribution in [0.5, 0.6) is 5.75 Å². The average molecular weight is 426 g/mol. The molecule has 1 unspecified atom stereocenters.